The van der Waals surface area contributed by atoms with Gasteiger partial charge in [0.2, 0.25) is 5.91 Å². The average Bonchev–Trinajstić information content (AvgIpc) is 3.23. The number of fused-ring (bicyclic) bond motifs is 1. The van der Waals surface area contributed by atoms with Crippen molar-refractivity contribution in [2.45, 2.75) is 33.2 Å². The Bertz CT molecular complexity index is 1080. The van der Waals surface area contributed by atoms with Crippen LogP contribution in [0.5, 0.6) is 0 Å². The molecule has 0 spiro atoms. The first-order chi connectivity index (χ1) is 14.6. The lowest BCUT2D eigenvalue weighted by atomic mass is 9.94. The van der Waals surface area contributed by atoms with E-state index in [2.05, 4.69) is 23.3 Å². The predicted octanol–water partition coefficient (Wildman–Crippen LogP) is 4.29. The van der Waals surface area contributed by atoms with Crippen LogP contribution in [-0.2, 0) is 17.8 Å². The van der Waals surface area contributed by atoms with Crippen molar-refractivity contribution in [1.29, 1.82) is 0 Å². The van der Waals surface area contributed by atoms with Crippen LogP contribution in [0, 0.1) is 6.92 Å². The second kappa shape index (κ2) is 8.49. The number of nitrogens with one attached hydrogen (secondary N) is 1. The molecule has 1 N–H and O–H groups in total. The number of hydrogen-bond donors (Lipinski definition) is 1. The third-order valence-electron chi connectivity index (χ3n) is 5.69. The highest BCUT2D eigenvalue weighted by Crippen LogP contribution is 2.36. The molecular weight excluding hydrogens is 374 g/mol. The number of rotatable bonds is 5. The van der Waals surface area contributed by atoms with E-state index in [1.54, 1.807) is 12.4 Å². The molecule has 2 aromatic carbocycles. The van der Waals surface area contributed by atoms with Crippen molar-refractivity contribution in [3.8, 4) is 11.1 Å². The number of aromatic nitrogens is 1. The molecule has 0 aliphatic carbocycles. The van der Waals surface area contributed by atoms with E-state index in [0.29, 0.717) is 18.5 Å². The van der Waals surface area contributed by atoms with Gasteiger partial charge in [-0.2, -0.15) is 0 Å². The lowest BCUT2D eigenvalue weighted by Gasteiger charge is -2.18. The van der Waals surface area contributed by atoms with Crippen LogP contribution in [0.3, 0.4) is 0 Å². The van der Waals surface area contributed by atoms with Crippen molar-refractivity contribution in [3.05, 3.63) is 83.2 Å². The average molecular weight is 399 g/mol. The zero-order valence-electron chi connectivity index (χ0n) is 17.3. The van der Waals surface area contributed by atoms with Crippen LogP contribution in [0.15, 0.2) is 60.9 Å². The van der Waals surface area contributed by atoms with Gasteiger partial charge in [-0.15, -0.1) is 0 Å². The van der Waals surface area contributed by atoms with Crippen molar-refractivity contribution in [2.24, 2.45) is 0 Å². The molecule has 0 bridgehead atoms. The quantitative estimate of drug-likeness (QED) is 0.696. The fraction of sp³-hybridized carbons (Fsp3) is 0.240. The molecule has 0 saturated heterocycles. The maximum atomic E-state index is 12.4. The maximum Gasteiger partial charge on any atom is 0.251 e. The van der Waals surface area contributed by atoms with Crippen molar-refractivity contribution in [2.75, 3.05) is 11.4 Å². The van der Waals surface area contributed by atoms with Gasteiger partial charge < -0.3 is 10.2 Å². The summed E-state index contributed by atoms with van der Waals surface area (Å²) in [7, 11) is 0. The second-order valence-corrected chi connectivity index (χ2v) is 7.51. The molecule has 5 nitrogen and oxygen atoms in total. The molecular formula is C25H25N3O2. The first-order valence-electron chi connectivity index (χ1n) is 10.3. The molecule has 152 valence electrons. The molecule has 0 fully saturated rings. The summed E-state index contributed by atoms with van der Waals surface area (Å²) in [6.07, 6.45) is 4.86. The minimum atomic E-state index is -0.107. The molecule has 0 unspecified atom stereocenters. The minimum absolute atomic E-state index is 0.107. The molecule has 1 aromatic heterocycles. The van der Waals surface area contributed by atoms with Gasteiger partial charge in [0.25, 0.3) is 5.91 Å². The van der Waals surface area contributed by atoms with Crippen LogP contribution < -0.4 is 10.2 Å². The number of benzene rings is 2. The lowest BCUT2D eigenvalue weighted by Crippen LogP contribution is -2.27. The maximum absolute atomic E-state index is 12.4. The Morgan fingerprint density at radius 1 is 1.10 bits per heavy atom. The second-order valence-electron chi connectivity index (χ2n) is 7.51. The number of carbonyl (C=O) groups excluding carboxylic acids is 2. The van der Waals surface area contributed by atoms with Gasteiger partial charge >= 0.3 is 0 Å². The smallest absolute Gasteiger partial charge is 0.251 e. The highest BCUT2D eigenvalue weighted by atomic mass is 16.2. The molecule has 4 rings (SSSR count). The summed E-state index contributed by atoms with van der Waals surface area (Å²) >= 11 is 0. The number of hydrogen-bond acceptors (Lipinski definition) is 3. The van der Waals surface area contributed by atoms with Gasteiger partial charge in [-0.25, -0.2) is 0 Å². The van der Waals surface area contributed by atoms with Crippen molar-refractivity contribution in [1.82, 2.24) is 10.3 Å². The van der Waals surface area contributed by atoms with Crippen molar-refractivity contribution < 1.29 is 9.59 Å². The van der Waals surface area contributed by atoms with Crippen molar-refractivity contribution >= 4 is 17.5 Å². The van der Waals surface area contributed by atoms with E-state index in [-0.39, 0.29) is 11.8 Å². The summed E-state index contributed by atoms with van der Waals surface area (Å²) in [6, 6.07) is 15.6. The van der Waals surface area contributed by atoms with Crippen LogP contribution in [0.25, 0.3) is 11.1 Å². The van der Waals surface area contributed by atoms with Gasteiger partial charge in [-0.3, -0.25) is 14.6 Å². The highest BCUT2D eigenvalue weighted by molar-refractivity contribution is 5.97. The molecule has 0 saturated carbocycles. The zero-order chi connectivity index (χ0) is 21.1. The minimum Gasteiger partial charge on any atom is -0.348 e. The normalized spacial score (nSPS) is 12.5. The first kappa shape index (κ1) is 19.8. The molecule has 2 heterocycles. The van der Waals surface area contributed by atoms with E-state index in [1.807, 2.05) is 54.3 Å². The molecule has 0 radical (unpaired) electrons. The predicted molar refractivity (Wildman–Crippen MR) is 118 cm³/mol. The number of nitrogens with zero attached hydrogens (tertiary/aromatic N) is 2. The van der Waals surface area contributed by atoms with E-state index in [0.717, 1.165) is 35.3 Å². The van der Waals surface area contributed by atoms with Crippen LogP contribution in [0.4, 0.5) is 5.69 Å². The highest BCUT2D eigenvalue weighted by Gasteiger charge is 2.25. The topological polar surface area (TPSA) is 62.3 Å². The number of carbonyl (C=O) groups is 2. The number of anilines is 1. The number of pyridine rings is 1. The summed E-state index contributed by atoms with van der Waals surface area (Å²) in [5, 5.41) is 2.92. The fourth-order valence-electron chi connectivity index (χ4n) is 4.01. The zero-order valence-corrected chi connectivity index (χ0v) is 17.3. The molecule has 1 aliphatic heterocycles. The van der Waals surface area contributed by atoms with Crippen LogP contribution in [0.1, 0.15) is 40.4 Å². The van der Waals surface area contributed by atoms with E-state index in [9.17, 15) is 9.59 Å². The van der Waals surface area contributed by atoms with Gasteiger partial charge in [0, 0.05) is 43.2 Å². The Morgan fingerprint density at radius 3 is 2.60 bits per heavy atom. The third kappa shape index (κ3) is 3.83. The van der Waals surface area contributed by atoms with Crippen molar-refractivity contribution in [3.63, 3.8) is 0 Å². The molecule has 5 heteroatoms. The van der Waals surface area contributed by atoms with Crippen LogP contribution in [-0.4, -0.2) is 23.3 Å². The Kier molecular flexibility index (Phi) is 5.61. The summed E-state index contributed by atoms with van der Waals surface area (Å²) in [4.78, 5) is 30.6. The third-order valence-corrected chi connectivity index (χ3v) is 5.69. The van der Waals surface area contributed by atoms with Gasteiger partial charge in [-0.1, -0.05) is 31.2 Å². The molecule has 2 amide bonds. The molecule has 3 aromatic rings. The van der Waals surface area contributed by atoms with Gasteiger partial charge in [-0.05, 0) is 65.4 Å². The Morgan fingerprint density at radius 2 is 1.90 bits per heavy atom. The Hall–Kier alpha value is -3.47. The number of amides is 2. The lowest BCUT2D eigenvalue weighted by molar-refractivity contribution is -0.118. The monoisotopic (exact) mass is 399 g/mol. The van der Waals surface area contributed by atoms with E-state index in [4.69, 9.17) is 0 Å². The summed E-state index contributed by atoms with van der Waals surface area (Å²) in [5.41, 5.74) is 7.28. The molecule has 30 heavy (non-hydrogen) atoms. The van der Waals surface area contributed by atoms with Gasteiger partial charge in [0.1, 0.15) is 0 Å². The SMILES string of the molecule is CCC(=O)N1CCc2c1ccc(-c1ccc(C(=O)NCc3cccnc3)cc1)c2C. The fourth-order valence-corrected chi connectivity index (χ4v) is 4.01. The summed E-state index contributed by atoms with van der Waals surface area (Å²) < 4.78 is 0. The summed E-state index contributed by atoms with van der Waals surface area (Å²) in [5.74, 6) is 0.0624. The van der Waals surface area contributed by atoms with E-state index >= 15 is 0 Å². The standard InChI is InChI=1S/C25H25N3O2/c1-3-24(29)28-14-12-22-17(2)21(10-11-23(22)28)19-6-8-20(9-7-19)25(30)27-16-18-5-4-13-26-15-18/h4-11,13,15H,3,12,14,16H2,1-2H3,(H,27,30). The van der Waals surface area contributed by atoms with E-state index in [1.165, 1.54) is 11.1 Å². The molecule has 0 atom stereocenters. The Labute approximate surface area is 176 Å². The van der Waals surface area contributed by atoms with Gasteiger partial charge in [0.15, 0.2) is 0 Å². The summed E-state index contributed by atoms with van der Waals surface area (Å²) in [6.45, 7) is 5.21. The Balaban J connectivity index is 1.50. The largest absolute Gasteiger partial charge is 0.348 e. The molecule has 1 aliphatic rings. The van der Waals surface area contributed by atoms with E-state index < -0.39 is 0 Å². The van der Waals surface area contributed by atoms with Gasteiger partial charge in [0.05, 0.1) is 0 Å². The van der Waals surface area contributed by atoms with Crippen LogP contribution in [0.2, 0.25) is 0 Å². The first-order valence-corrected chi connectivity index (χ1v) is 10.3. The van der Waals surface area contributed by atoms with Crippen LogP contribution >= 0.6 is 0 Å².